The van der Waals surface area contributed by atoms with Crippen molar-refractivity contribution in [1.29, 1.82) is 0 Å². The second-order valence-corrected chi connectivity index (χ2v) is 7.99. The van der Waals surface area contributed by atoms with Crippen LogP contribution >= 0.6 is 11.3 Å². The number of thiophene rings is 1. The Morgan fingerprint density at radius 1 is 1.48 bits per heavy atom. The fourth-order valence-electron chi connectivity index (χ4n) is 1.54. The van der Waals surface area contributed by atoms with Gasteiger partial charge in [0.1, 0.15) is 0 Å². The Balaban J connectivity index is 2.58. The van der Waals surface area contributed by atoms with E-state index in [0.29, 0.717) is 13.1 Å². The van der Waals surface area contributed by atoms with Crippen molar-refractivity contribution in [2.24, 2.45) is 5.73 Å². The van der Waals surface area contributed by atoms with Gasteiger partial charge in [0.25, 0.3) is 0 Å². The van der Waals surface area contributed by atoms with E-state index in [1.165, 1.54) is 15.6 Å². The molecule has 0 aliphatic heterocycles. The third kappa shape index (κ3) is 6.59. The van der Waals surface area contributed by atoms with Gasteiger partial charge in [0.2, 0.25) is 10.0 Å². The largest absolute Gasteiger partial charge is 0.378 e. The number of nitrogens with two attached hydrogens (primary N) is 1. The normalized spacial score (nSPS) is 11.7. The van der Waals surface area contributed by atoms with Gasteiger partial charge in [-0.2, -0.15) is 4.31 Å². The van der Waals surface area contributed by atoms with Gasteiger partial charge in [-0.1, -0.05) is 11.8 Å². The molecule has 118 valence electrons. The maximum absolute atomic E-state index is 12.1. The van der Waals surface area contributed by atoms with Gasteiger partial charge in [-0.25, -0.2) is 8.42 Å². The molecule has 0 aliphatic rings. The fraction of sp³-hybridized carbons (Fsp3) is 0.571. The molecule has 0 spiro atoms. The molecule has 0 saturated heterocycles. The summed E-state index contributed by atoms with van der Waals surface area (Å²) in [5.74, 6) is 5.70. The minimum absolute atomic E-state index is 0.00705. The molecule has 0 aliphatic carbocycles. The first-order valence-electron chi connectivity index (χ1n) is 6.67. The van der Waals surface area contributed by atoms with Gasteiger partial charge in [-0.3, -0.25) is 0 Å². The molecule has 0 saturated carbocycles. The lowest BCUT2D eigenvalue weighted by molar-refractivity contribution is 0.0907. The van der Waals surface area contributed by atoms with E-state index < -0.39 is 10.0 Å². The van der Waals surface area contributed by atoms with Crippen molar-refractivity contribution < 1.29 is 13.2 Å². The van der Waals surface area contributed by atoms with Crippen LogP contribution in [0.3, 0.4) is 0 Å². The maximum Gasteiger partial charge on any atom is 0.216 e. The molecule has 0 aromatic carbocycles. The zero-order valence-corrected chi connectivity index (χ0v) is 14.3. The molecular weight excluding hydrogens is 308 g/mol. The third-order valence-electron chi connectivity index (χ3n) is 2.63. The predicted molar refractivity (Wildman–Crippen MR) is 86.6 cm³/mol. The van der Waals surface area contributed by atoms with E-state index in [1.807, 2.05) is 25.3 Å². The molecule has 0 unspecified atom stereocenters. The topological polar surface area (TPSA) is 72.6 Å². The van der Waals surface area contributed by atoms with Crippen LogP contribution in [0.25, 0.3) is 0 Å². The highest BCUT2D eigenvalue weighted by Gasteiger charge is 2.18. The highest BCUT2D eigenvalue weighted by atomic mass is 32.2. The quantitative estimate of drug-likeness (QED) is 0.764. The van der Waals surface area contributed by atoms with Gasteiger partial charge in [0, 0.05) is 29.4 Å². The summed E-state index contributed by atoms with van der Waals surface area (Å²) in [5, 5.41) is 1.90. The molecule has 1 heterocycles. The van der Waals surface area contributed by atoms with E-state index in [9.17, 15) is 8.42 Å². The Bertz CT molecular complexity index is 597. The number of hydrogen-bond donors (Lipinski definition) is 1. The molecule has 7 heteroatoms. The van der Waals surface area contributed by atoms with Crippen molar-refractivity contribution in [1.82, 2.24) is 4.31 Å². The van der Waals surface area contributed by atoms with Crippen molar-refractivity contribution in [3.05, 3.63) is 21.9 Å². The highest BCUT2D eigenvalue weighted by molar-refractivity contribution is 7.89. The van der Waals surface area contributed by atoms with E-state index >= 15 is 0 Å². The second-order valence-electron chi connectivity index (χ2n) is 4.80. The standard InChI is InChI=1S/C14H22N2O3S2/c1-12(2)19-7-8-21(17,18)16(3)10-14-9-13(11-20-14)5-4-6-15/h9,11-12H,6-8,10,15H2,1-3H3. The number of hydrogen-bond acceptors (Lipinski definition) is 5. The Hall–Kier alpha value is -0.910. The molecule has 1 aromatic heterocycles. The maximum atomic E-state index is 12.1. The molecule has 0 radical (unpaired) electrons. The van der Waals surface area contributed by atoms with Crippen LogP contribution in [-0.4, -0.2) is 44.8 Å². The van der Waals surface area contributed by atoms with Crippen molar-refractivity contribution in [3.63, 3.8) is 0 Å². The number of sulfonamides is 1. The summed E-state index contributed by atoms with van der Waals surface area (Å²) in [6.45, 7) is 4.63. The minimum Gasteiger partial charge on any atom is -0.378 e. The monoisotopic (exact) mass is 330 g/mol. The first-order chi connectivity index (χ1) is 9.85. The van der Waals surface area contributed by atoms with Gasteiger partial charge in [0.05, 0.1) is 25.0 Å². The Morgan fingerprint density at radius 2 is 2.19 bits per heavy atom. The summed E-state index contributed by atoms with van der Waals surface area (Å²) in [4.78, 5) is 0.951. The van der Waals surface area contributed by atoms with E-state index in [0.717, 1.165) is 10.4 Å². The molecule has 21 heavy (non-hydrogen) atoms. The fourth-order valence-corrected chi connectivity index (χ4v) is 3.45. The minimum atomic E-state index is -3.30. The first-order valence-corrected chi connectivity index (χ1v) is 9.16. The van der Waals surface area contributed by atoms with Crippen LogP contribution in [0.5, 0.6) is 0 Å². The molecular formula is C14H22N2O3S2. The van der Waals surface area contributed by atoms with Gasteiger partial charge in [-0.05, 0) is 19.9 Å². The van der Waals surface area contributed by atoms with Crippen molar-refractivity contribution in [3.8, 4) is 11.8 Å². The molecule has 0 atom stereocenters. The summed E-state index contributed by atoms with van der Waals surface area (Å²) < 4.78 is 30.8. The smallest absolute Gasteiger partial charge is 0.216 e. The van der Waals surface area contributed by atoms with Crippen LogP contribution in [0, 0.1) is 11.8 Å². The summed E-state index contributed by atoms with van der Waals surface area (Å²) in [7, 11) is -1.72. The molecule has 5 nitrogen and oxygen atoms in total. The molecule has 0 amide bonds. The second kappa shape index (κ2) is 8.51. The summed E-state index contributed by atoms with van der Waals surface area (Å²) >= 11 is 1.49. The van der Waals surface area contributed by atoms with Gasteiger partial charge in [-0.15, -0.1) is 11.3 Å². The first kappa shape index (κ1) is 18.1. The number of nitrogens with zero attached hydrogens (tertiary/aromatic N) is 1. The number of rotatable bonds is 7. The van der Waals surface area contributed by atoms with E-state index in [1.54, 1.807) is 7.05 Å². The Kier molecular flexibility index (Phi) is 7.35. The lowest BCUT2D eigenvalue weighted by atomic mass is 10.3. The van der Waals surface area contributed by atoms with Crippen LogP contribution < -0.4 is 5.73 Å². The van der Waals surface area contributed by atoms with Crippen LogP contribution in [-0.2, 0) is 21.3 Å². The van der Waals surface area contributed by atoms with Crippen LogP contribution in [0.2, 0.25) is 0 Å². The molecule has 1 aromatic rings. The molecule has 1 rings (SSSR count). The molecule has 0 bridgehead atoms. The predicted octanol–water partition coefficient (Wildman–Crippen LogP) is 1.24. The lowest BCUT2D eigenvalue weighted by Gasteiger charge is -2.16. The van der Waals surface area contributed by atoms with E-state index in [4.69, 9.17) is 10.5 Å². The summed E-state index contributed by atoms with van der Waals surface area (Å²) in [5.41, 5.74) is 6.19. The van der Waals surface area contributed by atoms with Crippen LogP contribution in [0.1, 0.15) is 24.3 Å². The average Bonchev–Trinajstić information content (AvgIpc) is 2.83. The van der Waals surface area contributed by atoms with Crippen molar-refractivity contribution >= 4 is 21.4 Å². The zero-order valence-electron chi connectivity index (χ0n) is 12.6. The number of ether oxygens (including phenoxy) is 1. The van der Waals surface area contributed by atoms with Crippen molar-refractivity contribution in [2.75, 3.05) is 26.0 Å². The summed E-state index contributed by atoms with van der Waals surface area (Å²) in [6, 6.07) is 1.89. The molecule has 2 N–H and O–H groups in total. The van der Waals surface area contributed by atoms with Crippen LogP contribution in [0.15, 0.2) is 11.4 Å². The Labute approximate surface area is 131 Å². The van der Waals surface area contributed by atoms with Gasteiger partial charge in [0.15, 0.2) is 0 Å². The third-order valence-corrected chi connectivity index (χ3v) is 5.32. The van der Waals surface area contributed by atoms with E-state index in [2.05, 4.69) is 11.8 Å². The lowest BCUT2D eigenvalue weighted by Crippen LogP contribution is -2.30. The molecule has 0 fully saturated rings. The van der Waals surface area contributed by atoms with Crippen LogP contribution in [0.4, 0.5) is 0 Å². The van der Waals surface area contributed by atoms with Gasteiger partial charge < -0.3 is 10.5 Å². The van der Waals surface area contributed by atoms with Crippen molar-refractivity contribution in [2.45, 2.75) is 26.5 Å². The summed E-state index contributed by atoms with van der Waals surface area (Å²) in [6.07, 6.45) is 0.0338. The van der Waals surface area contributed by atoms with E-state index in [-0.39, 0.29) is 18.5 Å². The zero-order chi connectivity index (χ0) is 15.9. The highest BCUT2D eigenvalue weighted by Crippen LogP contribution is 2.17. The Morgan fingerprint density at radius 3 is 2.81 bits per heavy atom. The average molecular weight is 330 g/mol. The SMILES string of the molecule is CC(C)OCCS(=O)(=O)N(C)Cc1cc(C#CCN)cs1. The van der Waals surface area contributed by atoms with Gasteiger partial charge >= 0.3 is 0 Å².